The number of phenols is 1. The molecule has 1 aromatic heterocycles. The van der Waals surface area contributed by atoms with Gasteiger partial charge in [0, 0.05) is 16.1 Å². The van der Waals surface area contributed by atoms with Crippen LogP contribution in [-0.2, 0) is 25.6 Å². The molecule has 0 spiro atoms. The Kier molecular flexibility index (Phi) is 9.08. The summed E-state index contributed by atoms with van der Waals surface area (Å²) in [5.41, 5.74) is 7.57. The average Bonchev–Trinajstić information content (AvgIpc) is 3.34. The Hall–Kier alpha value is -5.73. The lowest BCUT2D eigenvalue weighted by Gasteiger charge is -2.47. The Bertz CT molecular complexity index is 2050. The number of carboxylic acids is 1. The molecular weight excluding hydrogens is 662 g/mol. The molecule has 3 aromatic carbocycles. The number of aromatic amines is 1. The van der Waals surface area contributed by atoms with Crippen LogP contribution >= 0.6 is 11.8 Å². The number of fused-ring (bicyclic) bond motifs is 1. The summed E-state index contributed by atoms with van der Waals surface area (Å²) in [5, 5.41) is 21.5. The number of carbonyl (C=O) groups excluding carboxylic acids is 4. The van der Waals surface area contributed by atoms with E-state index >= 15 is 0 Å². The number of imide groups is 1. The van der Waals surface area contributed by atoms with E-state index in [2.05, 4.69) is 10.3 Å². The van der Waals surface area contributed by atoms with Gasteiger partial charge in [-0.25, -0.2) is 4.79 Å². The molecule has 2 aliphatic heterocycles. The Labute approximate surface area is 290 Å². The first-order chi connectivity index (χ1) is 23.8. The lowest BCUT2D eigenvalue weighted by molar-refractivity contribution is -0.166. The standard InChI is InChI=1S/C36H33N5O8S/c1-36(2)29(35(48)49)41-33(47)28(34(41)50-36)40(32(46)27(37)21-10-14-23(42)15-11-21)31(45)24-16-17-25(39-30(24)44)20-8-12-22(13-9-20)38-26(43)18-19-6-4-3-5-7-19/h3-17,27-29,34,42H,18,37H2,1-2H3,(H,38,43)(H,39,44)(H,48,49)/t27?,28-,29+,34-/m1/s1. The fourth-order valence-corrected chi connectivity index (χ4v) is 7.90. The molecular formula is C36H33N5O8S. The normalized spacial score (nSPS) is 19.5. The van der Waals surface area contributed by atoms with Gasteiger partial charge in [-0.05, 0) is 66.9 Å². The Balaban J connectivity index is 1.26. The van der Waals surface area contributed by atoms with Crippen molar-refractivity contribution >= 4 is 47.0 Å². The summed E-state index contributed by atoms with van der Waals surface area (Å²) in [5.74, 6) is -4.33. The summed E-state index contributed by atoms with van der Waals surface area (Å²) in [4.78, 5) is 84.1. The molecule has 4 amide bonds. The predicted molar refractivity (Wildman–Crippen MR) is 185 cm³/mol. The zero-order chi connectivity index (χ0) is 35.9. The highest BCUT2D eigenvalue weighted by molar-refractivity contribution is 8.01. The average molecular weight is 696 g/mol. The smallest absolute Gasteiger partial charge is 0.327 e. The number of aromatic hydroxyl groups is 1. The number of thioether (sulfide) groups is 1. The molecule has 2 fully saturated rings. The van der Waals surface area contributed by atoms with Gasteiger partial charge in [-0.1, -0.05) is 54.6 Å². The quantitative estimate of drug-likeness (QED) is 0.162. The molecule has 0 radical (unpaired) electrons. The second-order valence-corrected chi connectivity index (χ2v) is 14.3. The number of aliphatic carboxylic acids is 1. The molecule has 256 valence electrons. The number of phenolic OH excluding ortho intramolecular Hbond substituents is 1. The number of H-pyrrole nitrogens is 1. The molecule has 0 bridgehead atoms. The summed E-state index contributed by atoms with van der Waals surface area (Å²) in [7, 11) is 0. The van der Waals surface area contributed by atoms with E-state index in [0.29, 0.717) is 21.8 Å². The summed E-state index contributed by atoms with van der Waals surface area (Å²) in [6, 6.07) is 20.0. The van der Waals surface area contributed by atoms with Crippen molar-refractivity contribution in [2.24, 2.45) is 5.73 Å². The van der Waals surface area contributed by atoms with Crippen molar-refractivity contribution in [3.05, 3.63) is 118 Å². The number of amides is 4. The first-order valence-corrected chi connectivity index (χ1v) is 16.5. The first-order valence-electron chi connectivity index (χ1n) is 15.6. The minimum absolute atomic E-state index is 0.0792. The van der Waals surface area contributed by atoms with Gasteiger partial charge >= 0.3 is 5.97 Å². The number of β-lactam (4-membered cyclic amide) rings is 1. The molecule has 4 aromatic rings. The number of nitrogens with two attached hydrogens (primary N) is 1. The van der Waals surface area contributed by atoms with Crippen LogP contribution in [0.5, 0.6) is 5.75 Å². The van der Waals surface area contributed by atoms with Crippen molar-refractivity contribution in [1.82, 2.24) is 14.8 Å². The van der Waals surface area contributed by atoms with Crippen LogP contribution in [0.1, 0.15) is 41.4 Å². The maximum atomic E-state index is 14.1. The SMILES string of the molecule is CC1(C)S[C@@H]2[C@H](N(C(=O)c3ccc(-c4ccc(NC(=O)Cc5ccccc5)cc4)[nH]c3=O)C(=O)C(N)c3ccc(O)cc3)C(=O)N2[C@H]1C(=O)O. The van der Waals surface area contributed by atoms with Crippen LogP contribution in [-0.4, -0.2) is 76.8 Å². The van der Waals surface area contributed by atoms with Crippen LogP contribution in [0.15, 0.2) is 95.8 Å². The van der Waals surface area contributed by atoms with Crippen LogP contribution in [0.3, 0.4) is 0 Å². The van der Waals surface area contributed by atoms with E-state index in [1.54, 1.807) is 38.1 Å². The third-order valence-corrected chi connectivity index (χ3v) is 10.3. The van der Waals surface area contributed by atoms with E-state index < -0.39 is 63.1 Å². The van der Waals surface area contributed by atoms with Gasteiger partial charge in [-0.3, -0.25) is 28.9 Å². The number of nitrogens with zero attached hydrogens (tertiary/aromatic N) is 2. The van der Waals surface area contributed by atoms with Crippen molar-refractivity contribution in [3.63, 3.8) is 0 Å². The largest absolute Gasteiger partial charge is 0.508 e. The third kappa shape index (κ3) is 6.37. The molecule has 1 unspecified atom stereocenters. The zero-order valence-corrected chi connectivity index (χ0v) is 27.7. The molecule has 14 heteroatoms. The number of benzene rings is 3. The van der Waals surface area contributed by atoms with Crippen molar-refractivity contribution in [2.45, 2.75) is 48.5 Å². The number of carbonyl (C=O) groups is 5. The lowest BCUT2D eigenvalue weighted by Crippen LogP contribution is -2.72. The van der Waals surface area contributed by atoms with E-state index in [1.165, 1.54) is 36.4 Å². The van der Waals surface area contributed by atoms with Crippen molar-refractivity contribution in [3.8, 4) is 17.0 Å². The van der Waals surface area contributed by atoms with E-state index in [4.69, 9.17) is 5.73 Å². The second-order valence-electron chi connectivity index (χ2n) is 12.5. The monoisotopic (exact) mass is 695 g/mol. The van der Waals surface area contributed by atoms with Gasteiger partial charge in [0.2, 0.25) is 5.91 Å². The van der Waals surface area contributed by atoms with Gasteiger partial charge in [0.15, 0.2) is 0 Å². The minimum Gasteiger partial charge on any atom is -0.508 e. The molecule has 13 nitrogen and oxygen atoms in total. The van der Waals surface area contributed by atoms with Crippen molar-refractivity contribution in [2.75, 3.05) is 5.32 Å². The zero-order valence-electron chi connectivity index (χ0n) is 26.9. The Morgan fingerprint density at radius 3 is 2.24 bits per heavy atom. The molecule has 3 heterocycles. The summed E-state index contributed by atoms with van der Waals surface area (Å²) < 4.78 is -0.947. The van der Waals surface area contributed by atoms with Gasteiger partial charge in [0.25, 0.3) is 23.3 Å². The maximum absolute atomic E-state index is 14.1. The van der Waals surface area contributed by atoms with E-state index in [0.717, 1.165) is 22.2 Å². The Morgan fingerprint density at radius 1 is 0.960 bits per heavy atom. The summed E-state index contributed by atoms with van der Waals surface area (Å²) in [6.45, 7) is 3.31. The van der Waals surface area contributed by atoms with E-state index in [1.807, 2.05) is 30.3 Å². The molecule has 0 aliphatic carbocycles. The van der Waals surface area contributed by atoms with E-state index in [9.17, 15) is 39.0 Å². The summed E-state index contributed by atoms with van der Waals surface area (Å²) >= 11 is 1.13. The third-order valence-electron chi connectivity index (χ3n) is 8.73. The number of hydrogen-bond donors (Lipinski definition) is 5. The van der Waals surface area contributed by atoms with Crippen LogP contribution < -0.4 is 16.6 Å². The highest BCUT2D eigenvalue weighted by Crippen LogP contribution is 2.52. The van der Waals surface area contributed by atoms with Gasteiger partial charge < -0.3 is 31.1 Å². The predicted octanol–water partition coefficient (Wildman–Crippen LogP) is 3.11. The fourth-order valence-electron chi connectivity index (χ4n) is 6.23. The molecule has 2 aliphatic rings. The molecule has 6 N–H and O–H groups in total. The number of pyridine rings is 1. The number of anilines is 1. The Morgan fingerprint density at radius 2 is 1.62 bits per heavy atom. The van der Waals surface area contributed by atoms with Crippen LogP contribution in [0, 0.1) is 0 Å². The minimum atomic E-state index is -1.46. The second kappa shape index (κ2) is 13.3. The van der Waals surface area contributed by atoms with Crippen LogP contribution in [0.25, 0.3) is 11.3 Å². The molecule has 0 saturated carbocycles. The summed E-state index contributed by atoms with van der Waals surface area (Å²) in [6.07, 6.45) is 0.201. The fraction of sp³-hybridized carbons (Fsp3) is 0.222. The highest BCUT2D eigenvalue weighted by Gasteiger charge is 2.66. The molecule has 4 atom stereocenters. The van der Waals surface area contributed by atoms with Crippen molar-refractivity contribution in [1.29, 1.82) is 0 Å². The number of nitrogens with one attached hydrogen (secondary N) is 2. The van der Waals surface area contributed by atoms with Crippen LogP contribution in [0.4, 0.5) is 5.69 Å². The van der Waals surface area contributed by atoms with E-state index in [-0.39, 0.29) is 23.6 Å². The van der Waals surface area contributed by atoms with Crippen LogP contribution in [0.2, 0.25) is 0 Å². The topological polar surface area (TPSA) is 203 Å². The number of hydrogen-bond acceptors (Lipinski definition) is 9. The van der Waals surface area contributed by atoms with Gasteiger partial charge in [0.05, 0.1) is 6.42 Å². The van der Waals surface area contributed by atoms with Gasteiger partial charge in [-0.2, -0.15) is 0 Å². The lowest BCUT2D eigenvalue weighted by atomic mass is 9.94. The number of aromatic nitrogens is 1. The molecule has 50 heavy (non-hydrogen) atoms. The molecule has 6 rings (SSSR count). The highest BCUT2D eigenvalue weighted by atomic mass is 32.2. The molecule has 2 saturated heterocycles. The number of rotatable bonds is 9. The first kappa shape index (κ1) is 34.1. The maximum Gasteiger partial charge on any atom is 0.327 e. The van der Waals surface area contributed by atoms with Crippen molar-refractivity contribution < 1.29 is 34.2 Å². The number of carboxylic acid groups (broad SMARTS) is 1. The van der Waals surface area contributed by atoms with Gasteiger partial charge in [0.1, 0.15) is 34.8 Å². The van der Waals surface area contributed by atoms with Gasteiger partial charge in [-0.15, -0.1) is 11.8 Å².